The Balaban J connectivity index is 1.76. The quantitative estimate of drug-likeness (QED) is 0.843. The molecule has 2 nitrogen and oxygen atoms in total. The number of aromatic nitrogens is 1. The van der Waals surface area contributed by atoms with Gasteiger partial charge in [0.2, 0.25) is 0 Å². The van der Waals surface area contributed by atoms with Crippen molar-refractivity contribution in [3.05, 3.63) is 11.1 Å². The van der Waals surface area contributed by atoms with Crippen molar-refractivity contribution in [3.8, 4) is 0 Å². The van der Waals surface area contributed by atoms with Gasteiger partial charge in [-0.3, -0.25) is 0 Å². The van der Waals surface area contributed by atoms with Crippen LogP contribution < -0.4 is 5.32 Å². The second-order valence-electron chi connectivity index (χ2n) is 4.44. The maximum absolute atomic E-state index is 4.52. The fraction of sp³-hybridized carbons (Fsp3) is 0.750. The predicted molar refractivity (Wildman–Crippen MR) is 66.6 cm³/mol. The van der Waals surface area contributed by atoms with E-state index in [4.69, 9.17) is 0 Å². The number of nitrogens with zero attached hydrogens (tertiary/aromatic N) is 1. The van der Waals surface area contributed by atoms with Gasteiger partial charge in [0.25, 0.3) is 0 Å². The van der Waals surface area contributed by atoms with E-state index in [1.54, 1.807) is 11.3 Å². The molecule has 1 saturated carbocycles. The molecule has 0 bridgehead atoms. The highest BCUT2D eigenvalue weighted by Crippen LogP contribution is 2.27. The Morgan fingerprint density at radius 3 is 2.87 bits per heavy atom. The highest BCUT2D eigenvalue weighted by Gasteiger charge is 2.13. The maximum atomic E-state index is 4.52. The van der Waals surface area contributed by atoms with Gasteiger partial charge in [0.05, 0.1) is 5.69 Å². The topological polar surface area (TPSA) is 24.9 Å². The van der Waals surface area contributed by atoms with Gasteiger partial charge in [-0.25, -0.2) is 4.98 Å². The van der Waals surface area contributed by atoms with Crippen molar-refractivity contribution in [2.24, 2.45) is 5.92 Å². The first-order valence-corrected chi connectivity index (χ1v) is 6.88. The average Bonchev–Trinajstić information content (AvgIpc) is 2.76. The lowest BCUT2D eigenvalue weighted by molar-refractivity contribution is 0.338. The molecule has 0 saturated heterocycles. The molecule has 0 spiro atoms. The molecule has 1 aliphatic carbocycles. The van der Waals surface area contributed by atoms with Crippen molar-refractivity contribution in [1.82, 2.24) is 4.98 Å². The minimum absolute atomic E-state index is 0.971. The van der Waals surface area contributed by atoms with Crippen molar-refractivity contribution in [2.45, 2.75) is 44.9 Å². The number of hydrogen-bond donors (Lipinski definition) is 1. The van der Waals surface area contributed by atoms with E-state index >= 15 is 0 Å². The summed E-state index contributed by atoms with van der Waals surface area (Å²) < 4.78 is 0. The number of aryl methyl sites for hydroxylation is 1. The summed E-state index contributed by atoms with van der Waals surface area (Å²) in [5, 5.41) is 6.33. The number of thiazole rings is 1. The van der Waals surface area contributed by atoms with E-state index in [1.807, 2.05) is 7.05 Å². The third kappa shape index (κ3) is 3.20. The van der Waals surface area contributed by atoms with E-state index in [2.05, 4.69) is 15.7 Å². The summed E-state index contributed by atoms with van der Waals surface area (Å²) in [6.45, 7) is 0. The predicted octanol–water partition coefficient (Wildman–Crippen LogP) is 3.70. The second-order valence-corrected chi connectivity index (χ2v) is 5.29. The molecule has 1 aromatic rings. The van der Waals surface area contributed by atoms with Crippen LogP contribution in [-0.4, -0.2) is 12.0 Å². The summed E-state index contributed by atoms with van der Waals surface area (Å²) in [4.78, 5) is 4.52. The van der Waals surface area contributed by atoms with Gasteiger partial charge in [0.15, 0.2) is 5.13 Å². The summed E-state index contributed by atoms with van der Waals surface area (Å²) in [5.41, 5.74) is 1.27. The highest BCUT2D eigenvalue weighted by atomic mass is 32.1. The number of rotatable bonds is 4. The molecule has 0 radical (unpaired) electrons. The normalized spacial score (nSPS) is 17.9. The van der Waals surface area contributed by atoms with Gasteiger partial charge in [0, 0.05) is 12.4 Å². The zero-order chi connectivity index (χ0) is 10.5. The van der Waals surface area contributed by atoms with Crippen molar-refractivity contribution in [2.75, 3.05) is 12.4 Å². The lowest BCUT2D eigenvalue weighted by Crippen LogP contribution is -2.07. The monoisotopic (exact) mass is 224 g/mol. The molecule has 2 rings (SSSR count). The Kier molecular flexibility index (Phi) is 4.01. The molecule has 1 heterocycles. The Hall–Kier alpha value is -0.570. The Bertz CT molecular complexity index is 290. The van der Waals surface area contributed by atoms with Gasteiger partial charge in [-0.05, 0) is 18.8 Å². The van der Waals surface area contributed by atoms with E-state index in [9.17, 15) is 0 Å². The standard InChI is InChI=1S/C12H20N2S/c1-13-12-14-11(9-15-12)8-7-10-5-3-2-4-6-10/h9-10H,2-8H2,1H3,(H,13,14). The zero-order valence-corrected chi connectivity index (χ0v) is 10.3. The molecule has 0 aromatic carbocycles. The SMILES string of the molecule is CNc1nc(CCC2CCCCC2)cs1. The lowest BCUT2D eigenvalue weighted by Gasteiger charge is -2.20. The van der Waals surface area contributed by atoms with Gasteiger partial charge in [-0.15, -0.1) is 11.3 Å². The molecule has 15 heavy (non-hydrogen) atoms. The fourth-order valence-corrected chi connectivity index (χ4v) is 3.07. The fourth-order valence-electron chi connectivity index (χ4n) is 2.36. The van der Waals surface area contributed by atoms with E-state index in [0.29, 0.717) is 0 Å². The Morgan fingerprint density at radius 2 is 2.20 bits per heavy atom. The summed E-state index contributed by atoms with van der Waals surface area (Å²) >= 11 is 1.71. The third-order valence-corrected chi connectivity index (χ3v) is 4.21. The first-order valence-electron chi connectivity index (χ1n) is 6.00. The van der Waals surface area contributed by atoms with Crippen molar-refractivity contribution in [1.29, 1.82) is 0 Å². The molecule has 3 heteroatoms. The smallest absolute Gasteiger partial charge is 0.182 e. The van der Waals surface area contributed by atoms with Crippen LogP contribution in [0.3, 0.4) is 0 Å². The van der Waals surface area contributed by atoms with Gasteiger partial charge in [-0.2, -0.15) is 0 Å². The summed E-state index contributed by atoms with van der Waals surface area (Å²) in [7, 11) is 1.93. The summed E-state index contributed by atoms with van der Waals surface area (Å²) in [6, 6.07) is 0. The molecule has 1 aromatic heterocycles. The van der Waals surface area contributed by atoms with Crippen LogP contribution >= 0.6 is 11.3 Å². The van der Waals surface area contributed by atoms with E-state index in [0.717, 1.165) is 11.0 Å². The van der Waals surface area contributed by atoms with Gasteiger partial charge >= 0.3 is 0 Å². The molecule has 1 aliphatic rings. The van der Waals surface area contributed by atoms with E-state index in [1.165, 1.54) is 50.6 Å². The van der Waals surface area contributed by atoms with Crippen molar-refractivity contribution < 1.29 is 0 Å². The van der Waals surface area contributed by atoms with E-state index < -0.39 is 0 Å². The molecule has 0 amide bonds. The van der Waals surface area contributed by atoms with Crippen LogP contribution in [0.4, 0.5) is 5.13 Å². The third-order valence-electron chi connectivity index (χ3n) is 3.30. The van der Waals surface area contributed by atoms with Crippen LogP contribution in [-0.2, 0) is 6.42 Å². The van der Waals surface area contributed by atoms with Gasteiger partial charge in [-0.1, -0.05) is 32.1 Å². The summed E-state index contributed by atoms with van der Waals surface area (Å²) in [5.74, 6) is 0.971. The Labute approximate surface area is 96.1 Å². The molecular weight excluding hydrogens is 204 g/mol. The second kappa shape index (κ2) is 5.50. The highest BCUT2D eigenvalue weighted by molar-refractivity contribution is 7.13. The van der Waals surface area contributed by atoms with Crippen LogP contribution in [0, 0.1) is 5.92 Å². The average molecular weight is 224 g/mol. The molecular formula is C12H20N2S. The van der Waals surface area contributed by atoms with Crippen LogP contribution in [0.15, 0.2) is 5.38 Å². The van der Waals surface area contributed by atoms with Crippen LogP contribution in [0.1, 0.15) is 44.2 Å². The largest absolute Gasteiger partial charge is 0.365 e. The van der Waals surface area contributed by atoms with Crippen LogP contribution in [0.25, 0.3) is 0 Å². The van der Waals surface area contributed by atoms with Crippen LogP contribution in [0.2, 0.25) is 0 Å². The Morgan fingerprint density at radius 1 is 1.40 bits per heavy atom. The van der Waals surface area contributed by atoms with Crippen molar-refractivity contribution in [3.63, 3.8) is 0 Å². The summed E-state index contributed by atoms with van der Waals surface area (Å²) in [6.07, 6.45) is 9.76. The minimum Gasteiger partial charge on any atom is -0.365 e. The number of nitrogens with one attached hydrogen (secondary N) is 1. The molecule has 84 valence electrons. The zero-order valence-electron chi connectivity index (χ0n) is 9.46. The molecule has 1 N–H and O–H groups in total. The number of hydrogen-bond acceptors (Lipinski definition) is 3. The maximum Gasteiger partial charge on any atom is 0.182 e. The molecule has 0 aliphatic heterocycles. The molecule has 0 atom stereocenters. The molecule has 1 fully saturated rings. The first kappa shape index (κ1) is 10.9. The minimum atomic E-state index is 0.971. The van der Waals surface area contributed by atoms with Gasteiger partial charge in [0.1, 0.15) is 0 Å². The van der Waals surface area contributed by atoms with Gasteiger partial charge < -0.3 is 5.32 Å². The van der Waals surface area contributed by atoms with Crippen LogP contribution in [0.5, 0.6) is 0 Å². The number of anilines is 1. The molecule has 0 unspecified atom stereocenters. The van der Waals surface area contributed by atoms with Crippen molar-refractivity contribution >= 4 is 16.5 Å². The van der Waals surface area contributed by atoms with E-state index in [-0.39, 0.29) is 0 Å². The lowest BCUT2D eigenvalue weighted by atomic mass is 9.86. The first-order chi connectivity index (χ1) is 7.38.